The summed E-state index contributed by atoms with van der Waals surface area (Å²) in [5.41, 5.74) is 6.82. The predicted molar refractivity (Wildman–Crippen MR) is 87.8 cm³/mol. The molecule has 128 valence electrons. The van der Waals surface area contributed by atoms with E-state index in [1.807, 2.05) is 17.8 Å². The van der Waals surface area contributed by atoms with Crippen molar-refractivity contribution < 1.29 is 13.9 Å². The number of hydrogen-bond acceptors (Lipinski definition) is 4. The number of methoxy groups -OCH3 is 1. The van der Waals surface area contributed by atoms with Crippen LogP contribution >= 0.6 is 11.6 Å². The molecule has 0 bridgehead atoms. The van der Waals surface area contributed by atoms with E-state index in [4.69, 9.17) is 22.1 Å². The van der Waals surface area contributed by atoms with Gasteiger partial charge < -0.3 is 19.9 Å². The lowest BCUT2D eigenvalue weighted by Crippen LogP contribution is -2.32. The maximum Gasteiger partial charge on any atom is 0.258 e. The molecule has 3 rings (SSSR count). The molecule has 1 fully saturated rings. The number of amides is 1. The number of aromatic nitrogens is 2. The third-order valence-electron chi connectivity index (χ3n) is 4.22. The lowest BCUT2D eigenvalue weighted by atomic mass is 10.0. The molecule has 24 heavy (non-hydrogen) atoms. The molecule has 1 aliphatic rings. The predicted octanol–water partition coefficient (Wildman–Crippen LogP) is 1.79. The first kappa shape index (κ1) is 16.7. The van der Waals surface area contributed by atoms with Crippen LogP contribution in [0.2, 0.25) is 5.02 Å². The number of likely N-dealkylation sites (tertiary alicyclic amines) is 1. The van der Waals surface area contributed by atoms with Crippen LogP contribution < -0.4 is 10.5 Å². The van der Waals surface area contributed by atoms with Crippen LogP contribution in [-0.4, -0.2) is 46.6 Å². The van der Waals surface area contributed by atoms with Crippen molar-refractivity contribution in [1.29, 1.82) is 0 Å². The summed E-state index contributed by atoms with van der Waals surface area (Å²) in [5, 5.41) is 0.0201. The Bertz CT molecular complexity index is 756. The van der Waals surface area contributed by atoms with Crippen LogP contribution in [0.5, 0.6) is 5.75 Å². The molecule has 1 aromatic heterocycles. The van der Waals surface area contributed by atoms with Gasteiger partial charge in [0.1, 0.15) is 11.6 Å². The Labute approximate surface area is 144 Å². The fourth-order valence-electron chi connectivity index (χ4n) is 2.96. The Morgan fingerprint density at radius 2 is 2.21 bits per heavy atom. The van der Waals surface area contributed by atoms with E-state index in [1.54, 1.807) is 6.33 Å². The van der Waals surface area contributed by atoms with Crippen LogP contribution in [0.25, 0.3) is 0 Å². The highest BCUT2D eigenvalue weighted by molar-refractivity contribution is 6.34. The molecule has 2 N–H and O–H groups in total. The molecule has 1 amide bonds. The molecule has 0 unspecified atom stereocenters. The van der Waals surface area contributed by atoms with E-state index in [0.717, 1.165) is 11.8 Å². The average molecular weight is 353 g/mol. The van der Waals surface area contributed by atoms with E-state index in [-0.39, 0.29) is 28.3 Å². The monoisotopic (exact) mass is 352 g/mol. The van der Waals surface area contributed by atoms with Crippen molar-refractivity contribution in [1.82, 2.24) is 14.5 Å². The molecular formula is C16H18ClFN4O2. The maximum absolute atomic E-state index is 14.3. The van der Waals surface area contributed by atoms with Crippen molar-refractivity contribution in [2.75, 3.05) is 20.2 Å². The number of imidazole rings is 1. The Morgan fingerprint density at radius 3 is 2.79 bits per heavy atom. The van der Waals surface area contributed by atoms with E-state index in [9.17, 15) is 9.18 Å². The SMILES string of the molecule is COc1cc(F)c(C(=O)N2C[C@@H](N)[C@H](c3cn(C)cn3)C2)c(Cl)c1. The van der Waals surface area contributed by atoms with E-state index in [1.165, 1.54) is 18.1 Å². The van der Waals surface area contributed by atoms with Crippen LogP contribution in [0.15, 0.2) is 24.7 Å². The topological polar surface area (TPSA) is 73.4 Å². The third kappa shape index (κ3) is 2.97. The highest BCUT2D eigenvalue weighted by atomic mass is 35.5. The van der Waals surface area contributed by atoms with Crippen LogP contribution in [0.1, 0.15) is 22.0 Å². The van der Waals surface area contributed by atoms with Crippen molar-refractivity contribution in [3.8, 4) is 5.75 Å². The zero-order valence-electron chi connectivity index (χ0n) is 13.4. The summed E-state index contributed by atoms with van der Waals surface area (Å²) in [7, 11) is 3.27. The number of carbonyl (C=O) groups excluding carboxylic acids is 1. The zero-order chi connectivity index (χ0) is 17.4. The minimum atomic E-state index is -0.709. The standard InChI is InChI=1S/C16H18ClFN4O2/c1-21-7-14(20-8-21)10-5-22(6-13(10)19)16(23)15-11(17)3-9(24-2)4-12(15)18/h3-4,7-8,10,13H,5-6,19H2,1-2H3/t10-,13-/m1/s1. The number of nitrogens with zero attached hydrogens (tertiary/aromatic N) is 3. The average Bonchev–Trinajstić information content (AvgIpc) is 3.12. The quantitative estimate of drug-likeness (QED) is 0.914. The number of nitrogens with two attached hydrogens (primary N) is 1. The molecule has 2 atom stereocenters. The molecule has 0 radical (unpaired) electrons. The smallest absolute Gasteiger partial charge is 0.258 e. The molecule has 2 aromatic rings. The van der Waals surface area contributed by atoms with Crippen LogP contribution in [0, 0.1) is 5.82 Å². The normalized spacial score (nSPS) is 20.5. The van der Waals surface area contributed by atoms with Crippen LogP contribution in [0.3, 0.4) is 0 Å². The molecule has 0 aliphatic carbocycles. The second-order valence-corrected chi connectivity index (χ2v) is 6.32. The Hall–Kier alpha value is -2.12. The summed E-state index contributed by atoms with van der Waals surface area (Å²) >= 11 is 6.07. The van der Waals surface area contributed by atoms with Crippen molar-refractivity contribution in [2.24, 2.45) is 12.8 Å². The zero-order valence-corrected chi connectivity index (χ0v) is 14.1. The summed E-state index contributed by atoms with van der Waals surface area (Å²) in [6.45, 7) is 0.695. The fraction of sp³-hybridized carbons (Fsp3) is 0.375. The molecular weight excluding hydrogens is 335 g/mol. The molecule has 2 heterocycles. The summed E-state index contributed by atoms with van der Waals surface area (Å²) in [4.78, 5) is 18.5. The molecule has 0 saturated carbocycles. The van der Waals surface area contributed by atoms with Crippen molar-refractivity contribution in [2.45, 2.75) is 12.0 Å². The number of halogens is 2. The summed E-state index contributed by atoms with van der Waals surface area (Å²) in [5.74, 6) is -1.01. The number of rotatable bonds is 3. The largest absolute Gasteiger partial charge is 0.497 e. The Morgan fingerprint density at radius 1 is 1.46 bits per heavy atom. The Balaban J connectivity index is 1.84. The van der Waals surface area contributed by atoms with E-state index < -0.39 is 11.7 Å². The number of aryl methyl sites for hydroxylation is 1. The number of carbonyl (C=O) groups is 1. The first-order valence-electron chi connectivity index (χ1n) is 7.46. The van der Waals surface area contributed by atoms with Gasteiger partial charge in [-0.15, -0.1) is 0 Å². The van der Waals surface area contributed by atoms with Crippen LogP contribution in [0.4, 0.5) is 4.39 Å². The van der Waals surface area contributed by atoms with Gasteiger partial charge in [0.05, 0.1) is 29.7 Å². The summed E-state index contributed by atoms with van der Waals surface area (Å²) in [6, 6.07) is 2.30. The van der Waals surface area contributed by atoms with E-state index in [0.29, 0.717) is 13.1 Å². The van der Waals surface area contributed by atoms with E-state index in [2.05, 4.69) is 4.98 Å². The molecule has 8 heteroatoms. The first-order chi connectivity index (χ1) is 11.4. The number of benzene rings is 1. The van der Waals surface area contributed by atoms with Crippen molar-refractivity contribution in [3.63, 3.8) is 0 Å². The first-order valence-corrected chi connectivity index (χ1v) is 7.84. The van der Waals surface area contributed by atoms with Gasteiger partial charge in [-0.2, -0.15) is 0 Å². The minimum absolute atomic E-state index is 0.0201. The number of ether oxygens (including phenoxy) is 1. The molecule has 1 saturated heterocycles. The lowest BCUT2D eigenvalue weighted by molar-refractivity contribution is 0.0784. The second-order valence-electron chi connectivity index (χ2n) is 5.91. The van der Waals surface area contributed by atoms with Gasteiger partial charge >= 0.3 is 0 Å². The fourth-order valence-corrected chi connectivity index (χ4v) is 3.24. The van der Waals surface area contributed by atoms with E-state index >= 15 is 0 Å². The summed E-state index contributed by atoms with van der Waals surface area (Å²) in [6.07, 6.45) is 3.56. The minimum Gasteiger partial charge on any atom is -0.497 e. The van der Waals surface area contributed by atoms with Gasteiger partial charge in [0.25, 0.3) is 5.91 Å². The lowest BCUT2D eigenvalue weighted by Gasteiger charge is -2.17. The van der Waals surface area contributed by atoms with Gasteiger partial charge in [0.15, 0.2) is 0 Å². The number of hydrogen-bond donors (Lipinski definition) is 1. The molecule has 0 spiro atoms. The summed E-state index contributed by atoms with van der Waals surface area (Å²) < 4.78 is 21.0. The maximum atomic E-state index is 14.3. The van der Waals surface area contributed by atoms with Crippen molar-refractivity contribution >= 4 is 17.5 Å². The van der Waals surface area contributed by atoms with Crippen LogP contribution in [-0.2, 0) is 7.05 Å². The van der Waals surface area contributed by atoms with Gasteiger partial charge in [-0.1, -0.05) is 11.6 Å². The third-order valence-corrected chi connectivity index (χ3v) is 4.52. The van der Waals surface area contributed by atoms with Gasteiger partial charge in [-0.05, 0) is 6.07 Å². The molecule has 6 nitrogen and oxygen atoms in total. The van der Waals surface area contributed by atoms with Gasteiger partial charge in [0, 0.05) is 44.4 Å². The van der Waals surface area contributed by atoms with Gasteiger partial charge in [0.2, 0.25) is 0 Å². The van der Waals surface area contributed by atoms with Gasteiger partial charge in [-0.25, -0.2) is 9.37 Å². The van der Waals surface area contributed by atoms with Gasteiger partial charge in [-0.3, -0.25) is 4.79 Å². The molecule has 1 aliphatic heterocycles. The highest BCUT2D eigenvalue weighted by Crippen LogP contribution is 2.30. The highest BCUT2D eigenvalue weighted by Gasteiger charge is 2.37. The second kappa shape index (κ2) is 6.41. The van der Waals surface area contributed by atoms with Crippen molar-refractivity contribution in [3.05, 3.63) is 46.8 Å². The Kier molecular flexibility index (Phi) is 4.47. The molecule has 1 aromatic carbocycles.